The molecule has 0 aliphatic carbocycles. The third kappa shape index (κ3) is 3.45. The summed E-state index contributed by atoms with van der Waals surface area (Å²) in [6.07, 6.45) is 2.66. The van der Waals surface area contributed by atoms with E-state index >= 15 is 0 Å². The van der Waals surface area contributed by atoms with Crippen molar-refractivity contribution < 1.29 is 17.9 Å². The number of benzene rings is 1. The van der Waals surface area contributed by atoms with Crippen molar-refractivity contribution in [2.75, 3.05) is 31.6 Å². The lowest BCUT2D eigenvalue weighted by Crippen LogP contribution is -2.62. The molecule has 1 aromatic carbocycles. The highest BCUT2D eigenvalue weighted by Gasteiger charge is 2.43. The summed E-state index contributed by atoms with van der Waals surface area (Å²) in [5.41, 5.74) is -0.0792. The molecule has 0 atom stereocenters. The van der Waals surface area contributed by atoms with Gasteiger partial charge in [-0.3, -0.25) is 9.69 Å². The maximum atomic E-state index is 12.5. The fourth-order valence-electron chi connectivity index (χ4n) is 3.10. The van der Waals surface area contributed by atoms with E-state index in [4.69, 9.17) is 4.74 Å². The van der Waals surface area contributed by atoms with Crippen LogP contribution in [-0.2, 0) is 19.6 Å². The normalized spacial score (nSPS) is 21.5. The van der Waals surface area contributed by atoms with E-state index < -0.39 is 15.7 Å². The van der Waals surface area contributed by atoms with E-state index in [1.807, 2.05) is 11.0 Å². The lowest BCUT2D eigenvalue weighted by molar-refractivity contribution is -0.144. The summed E-state index contributed by atoms with van der Waals surface area (Å²) in [7, 11) is -3.54. The van der Waals surface area contributed by atoms with Gasteiger partial charge in [0, 0.05) is 13.1 Å². The number of esters is 1. The van der Waals surface area contributed by atoms with E-state index in [-0.39, 0.29) is 24.0 Å². The predicted octanol–water partition coefficient (Wildman–Crippen LogP) is 0.912. The Hall–Kier alpha value is -1.90. The van der Waals surface area contributed by atoms with Gasteiger partial charge < -0.3 is 10.1 Å². The second kappa shape index (κ2) is 6.54. The fourth-order valence-corrected chi connectivity index (χ4v) is 4.65. The Balaban J connectivity index is 1.66. The summed E-state index contributed by atoms with van der Waals surface area (Å²) in [5, 5.41) is 3.33. The number of ether oxygens (including phenoxy) is 1. The molecule has 1 fully saturated rings. The molecule has 1 aromatic rings. The third-order valence-electron chi connectivity index (χ3n) is 4.30. The van der Waals surface area contributed by atoms with Crippen LogP contribution in [0.3, 0.4) is 0 Å². The first-order valence-electron chi connectivity index (χ1n) is 7.84. The maximum absolute atomic E-state index is 12.5. The number of hydrogen-bond donors (Lipinski definition) is 2. The van der Waals surface area contributed by atoms with Gasteiger partial charge in [0.05, 0.1) is 12.2 Å². The second-order valence-electron chi connectivity index (χ2n) is 6.06. The van der Waals surface area contributed by atoms with Crippen LogP contribution in [0.2, 0.25) is 0 Å². The molecule has 130 valence electrons. The van der Waals surface area contributed by atoms with Gasteiger partial charge in [0.15, 0.2) is 0 Å². The van der Waals surface area contributed by atoms with Crippen molar-refractivity contribution in [3.63, 3.8) is 0 Å². The summed E-state index contributed by atoms with van der Waals surface area (Å²) in [5.74, 6) is -0.298. The number of carbonyl (C=O) groups is 1. The molecule has 1 spiro atoms. The zero-order valence-electron chi connectivity index (χ0n) is 13.3. The highest BCUT2D eigenvalue weighted by atomic mass is 32.2. The van der Waals surface area contributed by atoms with Gasteiger partial charge in [-0.25, -0.2) is 8.42 Å². The van der Waals surface area contributed by atoms with Gasteiger partial charge in [0.25, 0.3) is 0 Å². The Morgan fingerprint density at radius 1 is 1.33 bits per heavy atom. The molecule has 0 saturated carbocycles. The average molecular weight is 351 g/mol. The lowest BCUT2D eigenvalue weighted by Gasteiger charge is -2.45. The first-order chi connectivity index (χ1) is 11.4. The monoisotopic (exact) mass is 351 g/mol. The average Bonchev–Trinajstić information content (AvgIpc) is 2.55. The fraction of sp³-hybridized carbons (Fsp3) is 0.438. The maximum Gasteiger partial charge on any atom is 0.320 e. The molecule has 0 aromatic heterocycles. The number of nitrogens with zero attached hydrogens (tertiary/aromatic N) is 1. The molecular formula is C16H21N3O4S. The molecule has 0 radical (unpaired) electrons. The molecule has 3 rings (SSSR count). The third-order valence-corrected chi connectivity index (χ3v) is 5.90. The summed E-state index contributed by atoms with van der Waals surface area (Å²) in [6, 6.07) is 6.87. The van der Waals surface area contributed by atoms with Crippen molar-refractivity contribution in [2.24, 2.45) is 0 Å². The Labute approximate surface area is 141 Å². The number of likely N-dealkylation sites (tertiary alicyclic amines) is 1. The molecule has 8 heteroatoms. The van der Waals surface area contributed by atoms with E-state index in [9.17, 15) is 13.2 Å². The molecule has 0 bridgehead atoms. The minimum atomic E-state index is -3.54. The summed E-state index contributed by atoms with van der Waals surface area (Å²) < 4.78 is 32.7. The van der Waals surface area contributed by atoms with Gasteiger partial charge in [0.1, 0.15) is 17.2 Å². The second-order valence-corrected chi connectivity index (χ2v) is 7.71. The van der Waals surface area contributed by atoms with Gasteiger partial charge >= 0.3 is 5.97 Å². The molecule has 1 saturated heterocycles. The van der Waals surface area contributed by atoms with Gasteiger partial charge in [-0.05, 0) is 25.0 Å². The quantitative estimate of drug-likeness (QED) is 0.619. The molecule has 2 aliphatic heterocycles. The Morgan fingerprint density at radius 2 is 2.04 bits per heavy atom. The molecule has 2 heterocycles. The van der Waals surface area contributed by atoms with E-state index in [0.29, 0.717) is 31.6 Å². The van der Waals surface area contributed by atoms with Crippen molar-refractivity contribution in [3.8, 4) is 0 Å². The number of para-hydroxylation sites is 1. The van der Waals surface area contributed by atoms with Gasteiger partial charge in [-0.15, -0.1) is 0 Å². The van der Waals surface area contributed by atoms with Crippen molar-refractivity contribution in [2.45, 2.75) is 23.4 Å². The molecule has 0 unspecified atom stereocenters. The zero-order chi connectivity index (χ0) is 17.2. The first-order valence-corrected chi connectivity index (χ1v) is 9.32. The standard InChI is InChI=1S/C16H21N3O4S/c1-2-11-23-15(20)12-19-9-7-16(8-10-19)17-13-5-3-4-6-14(13)24(21,22)18-16/h2-6,17-18H,1,7-12H2. The zero-order valence-corrected chi connectivity index (χ0v) is 14.1. The minimum Gasteiger partial charge on any atom is -0.461 e. The smallest absolute Gasteiger partial charge is 0.320 e. The van der Waals surface area contributed by atoms with Crippen LogP contribution in [0.25, 0.3) is 0 Å². The van der Waals surface area contributed by atoms with Gasteiger partial charge in [-0.2, -0.15) is 4.72 Å². The van der Waals surface area contributed by atoms with E-state index in [1.165, 1.54) is 6.08 Å². The Morgan fingerprint density at radius 3 is 2.75 bits per heavy atom. The van der Waals surface area contributed by atoms with Gasteiger partial charge in [-0.1, -0.05) is 24.8 Å². The van der Waals surface area contributed by atoms with E-state index in [0.717, 1.165) is 0 Å². The first kappa shape index (κ1) is 16.9. The predicted molar refractivity (Wildman–Crippen MR) is 89.9 cm³/mol. The summed E-state index contributed by atoms with van der Waals surface area (Å²) >= 11 is 0. The molecule has 24 heavy (non-hydrogen) atoms. The van der Waals surface area contributed by atoms with Crippen LogP contribution in [0.5, 0.6) is 0 Å². The van der Waals surface area contributed by atoms with Crippen molar-refractivity contribution in [1.29, 1.82) is 0 Å². The molecular weight excluding hydrogens is 330 g/mol. The number of rotatable bonds is 4. The highest BCUT2D eigenvalue weighted by molar-refractivity contribution is 7.89. The lowest BCUT2D eigenvalue weighted by atomic mass is 9.97. The van der Waals surface area contributed by atoms with Crippen molar-refractivity contribution in [1.82, 2.24) is 9.62 Å². The highest BCUT2D eigenvalue weighted by Crippen LogP contribution is 2.34. The SMILES string of the molecule is C=CCOC(=O)CN1CCC2(CC1)Nc1ccccc1S(=O)(=O)N2. The Kier molecular flexibility index (Phi) is 4.62. The molecule has 2 N–H and O–H groups in total. The largest absolute Gasteiger partial charge is 0.461 e. The number of carbonyl (C=O) groups excluding carboxylic acids is 1. The summed E-state index contributed by atoms with van der Waals surface area (Å²) in [6.45, 7) is 5.11. The van der Waals surface area contributed by atoms with Gasteiger partial charge in [0.2, 0.25) is 10.0 Å². The number of nitrogens with one attached hydrogen (secondary N) is 2. The topological polar surface area (TPSA) is 87.7 Å². The molecule has 2 aliphatic rings. The Bertz CT molecular complexity index is 739. The van der Waals surface area contributed by atoms with Crippen LogP contribution in [-0.4, -0.2) is 51.2 Å². The molecule has 0 amide bonds. The van der Waals surface area contributed by atoms with Crippen molar-refractivity contribution in [3.05, 3.63) is 36.9 Å². The molecule has 7 nitrogen and oxygen atoms in total. The van der Waals surface area contributed by atoms with Crippen LogP contribution in [0.4, 0.5) is 5.69 Å². The van der Waals surface area contributed by atoms with Crippen LogP contribution in [0.15, 0.2) is 41.8 Å². The number of piperidine rings is 1. The number of sulfonamides is 1. The summed E-state index contributed by atoms with van der Waals surface area (Å²) in [4.78, 5) is 13.9. The van der Waals surface area contributed by atoms with E-state index in [1.54, 1.807) is 18.2 Å². The number of anilines is 1. The number of hydrogen-bond acceptors (Lipinski definition) is 6. The van der Waals surface area contributed by atoms with E-state index in [2.05, 4.69) is 16.6 Å². The van der Waals surface area contributed by atoms with Crippen LogP contribution < -0.4 is 10.0 Å². The number of fused-ring (bicyclic) bond motifs is 1. The van der Waals surface area contributed by atoms with Crippen LogP contribution in [0, 0.1) is 0 Å². The van der Waals surface area contributed by atoms with Crippen LogP contribution >= 0.6 is 0 Å². The van der Waals surface area contributed by atoms with Crippen molar-refractivity contribution >= 4 is 21.7 Å². The van der Waals surface area contributed by atoms with Crippen LogP contribution in [0.1, 0.15) is 12.8 Å². The minimum absolute atomic E-state index is 0.202.